The Morgan fingerprint density at radius 2 is 2.25 bits per heavy atom. The van der Waals surface area contributed by atoms with E-state index in [9.17, 15) is 8.42 Å². The minimum atomic E-state index is -3.45. The first kappa shape index (κ1) is 15.2. The number of aromatic amines is 1. The molecule has 0 radical (unpaired) electrons. The molecule has 0 saturated heterocycles. The lowest BCUT2D eigenvalue weighted by Gasteiger charge is -2.02. The van der Waals surface area contributed by atoms with Crippen LogP contribution in [0.2, 0.25) is 0 Å². The summed E-state index contributed by atoms with van der Waals surface area (Å²) in [6.45, 7) is 3.93. The molecule has 2 heterocycles. The smallest absolute Gasteiger partial charge is 0.250 e. The molecule has 20 heavy (non-hydrogen) atoms. The molecule has 2 aromatic rings. The Hall–Kier alpha value is -1.22. The van der Waals surface area contributed by atoms with Crippen LogP contribution in [-0.2, 0) is 23.1 Å². The highest BCUT2D eigenvalue weighted by Crippen LogP contribution is 2.20. The summed E-state index contributed by atoms with van der Waals surface area (Å²) >= 11 is 1.24. The van der Waals surface area contributed by atoms with Gasteiger partial charge in [0.1, 0.15) is 4.21 Å². The van der Waals surface area contributed by atoms with Gasteiger partial charge in [0, 0.05) is 18.4 Å². The van der Waals surface area contributed by atoms with Gasteiger partial charge >= 0.3 is 0 Å². The van der Waals surface area contributed by atoms with Crippen molar-refractivity contribution in [2.75, 3.05) is 6.54 Å². The van der Waals surface area contributed by atoms with E-state index >= 15 is 0 Å². The summed E-state index contributed by atoms with van der Waals surface area (Å²) in [7, 11) is -3.45. The largest absolute Gasteiger partial charge is 0.347 e. The van der Waals surface area contributed by atoms with Crippen LogP contribution in [0.1, 0.15) is 24.6 Å². The van der Waals surface area contributed by atoms with Crippen molar-refractivity contribution >= 4 is 21.4 Å². The number of aromatic nitrogens is 2. The van der Waals surface area contributed by atoms with Gasteiger partial charge < -0.3 is 10.3 Å². The fraction of sp³-hybridized carbons (Fsp3) is 0.417. The monoisotopic (exact) mass is 314 g/mol. The molecule has 6 nitrogen and oxygen atoms in total. The number of imidazole rings is 1. The van der Waals surface area contributed by atoms with Crippen molar-refractivity contribution in [1.82, 2.24) is 20.0 Å². The molecule has 0 spiro atoms. The second kappa shape index (κ2) is 6.98. The third kappa shape index (κ3) is 4.14. The summed E-state index contributed by atoms with van der Waals surface area (Å²) < 4.78 is 27.1. The van der Waals surface area contributed by atoms with E-state index < -0.39 is 10.0 Å². The second-order valence-corrected chi connectivity index (χ2v) is 7.26. The Kier molecular flexibility index (Phi) is 5.30. The number of H-pyrrole nitrogens is 1. The van der Waals surface area contributed by atoms with Crippen LogP contribution in [0.3, 0.4) is 0 Å². The molecule has 0 aliphatic carbocycles. The molecule has 0 amide bonds. The molecule has 0 unspecified atom stereocenters. The molecule has 2 rings (SSSR count). The first-order valence-corrected chi connectivity index (χ1v) is 8.73. The molecule has 0 bridgehead atoms. The Balaban J connectivity index is 1.95. The quantitative estimate of drug-likeness (QED) is 0.644. The third-order valence-corrected chi connectivity index (χ3v) is 5.55. The Morgan fingerprint density at radius 3 is 2.95 bits per heavy atom. The van der Waals surface area contributed by atoms with Gasteiger partial charge in [0.05, 0.1) is 12.9 Å². The maximum Gasteiger partial charge on any atom is 0.250 e. The third-order valence-electron chi connectivity index (χ3n) is 2.66. The van der Waals surface area contributed by atoms with Crippen molar-refractivity contribution in [2.45, 2.75) is 30.6 Å². The second-order valence-electron chi connectivity index (χ2n) is 4.35. The summed E-state index contributed by atoms with van der Waals surface area (Å²) in [6.07, 6.45) is 4.17. The van der Waals surface area contributed by atoms with Crippen LogP contribution in [0.5, 0.6) is 0 Å². The van der Waals surface area contributed by atoms with Crippen molar-refractivity contribution in [3.05, 3.63) is 35.2 Å². The highest BCUT2D eigenvalue weighted by molar-refractivity contribution is 7.91. The summed E-state index contributed by atoms with van der Waals surface area (Å²) in [5.41, 5.74) is 1.72. The SMILES string of the molecule is CCCNCc1csc(S(=O)(=O)NCc2cnc[nH]2)c1. The van der Waals surface area contributed by atoms with Crippen molar-refractivity contribution < 1.29 is 8.42 Å². The summed E-state index contributed by atoms with van der Waals surface area (Å²) in [5.74, 6) is 0. The summed E-state index contributed by atoms with van der Waals surface area (Å²) in [4.78, 5) is 6.70. The van der Waals surface area contributed by atoms with Gasteiger partial charge in [-0.3, -0.25) is 0 Å². The van der Waals surface area contributed by atoms with E-state index in [0.29, 0.717) is 10.8 Å². The van der Waals surface area contributed by atoms with Crippen molar-refractivity contribution in [1.29, 1.82) is 0 Å². The van der Waals surface area contributed by atoms with Crippen molar-refractivity contribution in [2.24, 2.45) is 0 Å². The molecule has 110 valence electrons. The predicted molar refractivity (Wildman–Crippen MR) is 78.9 cm³/mol. The number of nitrogens with zero attached hydrogens (tertiary/aromatic N) is 1. The van der Waals surface area contributed by atoms with E-state index in [-0.39, 0.29) is 6.54 Å². The zero-order valence-corrected chi connectivity index (χ0v) is 12.9. The maximum atomic E-state index is 12.1. The minimum Gasteiger partial charge on any atom is -0.347 e. The lowest BCUT2D eigenvalue weighted by Crippen LogP contribution is -2.22. The Bertz CT molecular complexity index is 620. The maximum absolute atomic E-state index is 12.1. The molecular weight excluding hydrogens is 296 g/mol. The molecule has 0 saturated carbocycles. The Morgan fingerprint density at radius 1 is 1.40 bits per heavy atom. The van der Waals surface area contributed by atoms with Gasteiger partial charge in [0.2, 0.25) is 10.0 Å². The normalized spacial score (nSPS) is 11.8. The standard InChI is InChI=1S/C12H18N4O2S2/c1-2-3-13-5-10-4-12(19-8-10)20(17,18)16-7-11-6-14-9-15-11/h4,6,8-9,13,16H,2-3,5,7H2,1H3,(H,14,15). The highest BCUT2D eigenvalue weighted by Gasteiger charge is 2.16. The van der Waals surface area contributed by atoms with E-state index in [2.05, 4.69) is 26.9 Å². The summed E-state index contributed by atoms with van der Waals surface area (Å²) in [6, 6.07) is 1.71. The average molecular weight is 314 g/mol. The molecule has 0 aromatic carbocycles. The van der Waals surface area contributed by atoms with Crippen molar-refractivity contribution in [3.63, 3.8) is 0 Å². The molecule has 3 N–H and O–H groups in total. The Labute approximate surface area is 122 Å². The van der Waals surface area contributed by atoms with Gasteiger partial charge in [-0.2, -0.15) is 0 Å². The van der Waals surface area contributed by atoms with Crippen LogP contribution in [-0.4, -0.2) is 24.9 Å². The molecule has 0 atom stereocenters. The fourth-order valence-corrected chi connectivity index (χ4v) is 3.88. The van der Waals surface area contributed by atoms with Gasteiger partial charge in [-0.15, -0.1) is 11.3 Å². The number of sulfonamides is 1. The van der Waals surface area contributed by atoms with E-state index in [1.54, 1.807) is 12.3 Å². The van der Waals surface area contributed by atoms with Gasteiger partial charge in [0.15, 0.2) is 0 Å². The number of thiophene rings is 1. The van der Waals surface area contributed by atoms with Crippen molar-refractivity contribution in [3.8, 4) is 0 Å². The zero-order valence-electron chi connectivity index (χ0n) is 11.2. The fourth-order valence-electron chi connectivity index (χ4n) is 1.62. The lowest BCUT2D eigenvalue weighted by molar-refractivity contribution is 0.582. The van der Waals surface area contributed by atoms with E-state index in [4.69, 9.17) is 0 Å². The van der Waals surface area contributed by atoms with Gasteiger partial charge in [-0.1, -0.05) is 6.92 Å². The minimum absolute atomic E-state index is 0.212. The van der Waals surface area contributed by atoms with Gasteiger partial charge in [-0.05, 0) is 30.0 Å². The molecule has 8 heteroatoms. The summed E-state index contributed by atoms with van der Waals surface area (Å²) in [5, 5.41) is 5.12. The number of hydrogen-bond donors (Lipinski definition) is 3. The lowest BCUT2D eigenvalue weighted by atomic mass is 10.3. The molecule has 0 aliphatic heterocycles. The van der Waals surface area contributed by atoms with Crippen LogP contribution in [0.15, 0.2) is 28.2 Å². The average Bonchev–Trinajstić information content (AvgIpc) is 3.08. The molecule has 2 aromatic heterocycles. The van der Waals surface area contributed by atoms with Gasteiger partial charge in [0.25, 0.3) is 0 Å². The van der Waals surface area contributed by atoms with Crippen LogP contribution in [0, 0.1) is 0 Å². The van der Waals surface area contributed by atoms with Gasteiger partial charge in [-0.25, -0.2) is 18.1 Å². The van der Waals surface area contributed by atoms with Crippen LogP contribution < -0.4 is 10.0 Å². The zero-order chi connectivity index (χ0) is 14.4. The number of hydrogen-bond acceptors (Lipinski definition) is 5. The van der Waals surface area contributed by atoms with Crippen LogP contribution >= 0.6 is 11.3 Å². The molecular formula is C12H18N4O2S2. The van der Waals surface area contributed by atoms with E-state index in [1.807, 2.05) is 5.38 Å². The molecule has 0 fully saturated rings. The first-order chi connectivity index (χ1) is 9.62. The first-order valence-electron chi connectivity index (χ1n) is 6.37. The van der Waals surface area contributed by atoms with E-state index in [1.165, 1.54) is 17.7 Å². The van der Waals surface area contributed by atoms with E-state index in [0.717, 1.165) is 24.2 Å². The topological polar surface area (TPSA) is 86.9 Å². The number of rotatable bonds is 8. The predicted octanol–water partition coefficient (Wildman–Crippen LogP) is 1.45. The number of nitrogens with one attached hydrogen (secondary N) is 3. The molecule has 0 aliphatic rings. The van der Waals surface area contributed by atoms with Crippen LogP contribution in [0.25, 0.3) is 0 Å². The van der Waals surface area contributed by atoms with Crippen LogP contribution in [0.4, 0.5) is 0 Å². The highest BCUT2D eigenvalue weighted by atomic mass is 32.2.